The summed E-state index contributed by atoms with van der Waals surface area (Å²) in [6, 6.07) is 4.04. The fraction of sp³-hybridized carbons (Fsp3) is 0.360. The number of ether oxygens (including phenoxy) is 2. The van der Waals surface area contributed by atoms with Crippen molar-refractivity contribution in [1.82, 2.24) is 15.6 Å². The van der Waals surface area contributed by atoms with Crippen molar-refractivity contribution in [3.05, 3.63) is 59.3 Å². The maximum Gasteiger partial charge on any atom is 0.279 e. The Labute approximate surface area is 205 Å². The average Bonchev–Trinajstić information content (AvgIpc) is 2.79. The van der Waals surface area contributed by atoms with Crippen LogP contribution in [0.15, 0.2) is 41.7 Å². The van der Waals surface area contributed by atoms with E-state index in [2.05, 4.69) is 27.5 Å². The minimum atomic E-state index is -0.822. The molecule has 2 rings (SSSR count). The molecule has 0 bridgehead atoms. The lowest BCUT2D eigenvalue weighted by Gasteiger charge is -2.24. The number of halogens is 1. The summed E-state index contributed by atoms with van der Waals surface area (Å²) in [5.41, 5.74) is 5.60. The molecule has 0 aliphatic rings. The van der Waals surface area contributed by atoms with Crippen LogP contribution in [0.3, 0.4) is 0 Å². The molecule has 0 fully saturated rings. The second-order valence-electron chi connectivity index (χ2n) is 8.24. The van der Waals surface area contributed by atoms with Crippen LogP contribution in [0.25, 0.3) is 0 Å². The number of nitrogens with one attached hydrogen (secondary N) is 2. The summed E-state index contributed by atoms with van der Waals surface area (Å²) in [7, 11) is 3.62. The lowest BCUT2D eigenvalue weighted by molar-refractivity contribution is 0.0998. The minimum absolute atomic E-state index is 0.0106. The highest BCUT2D eigenvalue weighted by Gasteiger charge is 2.20. The number of benzene rings is 1. The Morgan fingerprint density at radius 3 is 2.37 bits per heavy atom. The number of hydrogen-bond acceptors (Lipinski definition) is 7. The number of pyridine rings is 1. The number of amidine groups is 1. The summed E-state index contributed by atoms with van der Waals surface area (Å²) in [5.74, 6) is -0.732. The summed E-state index contributed by atoms with van der Waals surface area (Å²) in [6.45, 7) is 10.5. The first-order valence-corrected chi connectivity index (χ1v) is 10.9. The Kier molecular flexibility index (Phi) is 11.5. The van der Waals surface area contributed by atoms with Crippen molar-refractivity contribution in [3.8, 4) is 17.2 Å². The molecule has 1 amide bonds. The predicted molar refractivity (Wildman–Crippen MR) is 135 cm³/mol. The van der Waals surface area contributed by atoms with Crippen LogP contribution in [0.5, 0.6) is 17.2 Å². The molecule has 0 atom stereocenters. The molecule has 1 heterocycles. The van der Waals surface area contributed by atoms with E-state index in [1.165, 1.54) is 24.5 Å². The Morgan fingerprint density at radius 2 is 1.86 bits per heavy atom. The van der Waals surface area contributed by atoms with Gasteiger partial charge in [-0.15, -0.1) is 0 Å². The normalized spacial score (nSPS) is 11.5. The van der Waals surface area contributed by atoms with Crippen LogP contribution < -0.4 is 25.8 Å². The van der Waals surface area contributed by atoms with Gasteiger partial charge in [0.1, 0.15) is 34.4 Å². The lowest BCUT2D eigenvalue weighted by Crippen LogP contribution is -2.23. The molecule has 0 aliphatic heterocycles. The number of aliphatic imine (C=N–C) groups is 1. The van der Waals surface area contributed by atoms with Gasteiger partial charge in [0.15, 0.2) is 12.1 Å². The first-order chi connectivity index (χ1) is 16.4. The highest BCUT2D eigenvalue weighted by Crippen LogP contribution is 2.35. The second-order valence-corrected chi connectivity index (χ2v) is 8.24. The van der Waals surface area contributed by atoms with Crippen molar-refractivity contribution in [3.63, 3.8) is 0 Å². The quantitative estimate of drug-likeness (QED) is 0.292. The summed E-state index contributed by atoms with van der Waals surface area (Å²) in [6.07, 6.45) is 4.50. The number of rotatable bonds is 8. The molecule has 1 aromatic carbocycles. The largest absolute Gasteiger partial charge is 0.488 e. The molecule has 0 unspecified atom stereocenters. The minimum Gasteiger partial charge on any atom is -0.488 e. The summed E-state index contributed by atoms with van der Waals surface area (Å²) in [4.78, 5) is 31.0. The van der Waals surface area contributed by atoms with Gasteiger partial charge in [-0.1, -0.05) is 6.92 Å². The van der Waals surface area contributed by atoms with Crippen LogP contribution in [0.1, 0.15) is 54.1 Å². The van der Waals surface area contributed by atoms with Crippen molar-refractivity contribution in [1.29, 1.82) is 0 Å². The van der Waals surface area contributed by atoms with Gasteiger partial charge in [0.05, 0.1) is 6.20 Å². The lowest BCUT2D eigenvalue weighted by atomic mass is 10.1. The van der Waals surface area contributed by atoms with Gasteiger partial charge in [-0.05, 0) is 65.7 Å². The van der Waals surface area contributed by atoms with Crippen LogP contribution in [-0.4, -0.2) is 49.3 Å². The zero-order valence-corrected chi connectivity index (χ0v) is 21.2. The highest BCUT2D eigenvalue weighted by molar-refractivity contribution is 6.06. The summed E-state index contributed by atoms with van der Waals surface area (Å²) < 4.78 is 25.6. The molecular formula is C25H34FN5O4. The van der Waals surface area contributed by atoms with Crippen molar-refractivity contribution >= 4 is 18.0 Å². The first-order valence-electron chi connectivity index (χ1n) is 10.9. The molecule has 10 heteroatoms. The number of carbonyl (C=O) groups excluding carboxylic acids is 2. The van der Waals surface area contributed by atoms with E-state index < -0.39 is 17.3 Å². The predicted octanol–water partition coefficient (Wildman–Crippen LogP) is 3.77. The molecule has 4 N–H and O–H groups in total. The van der Waals surface area contributed by atoms with Gasteiger partial charge in [0.2, 0.25) is 0 Å². The van der Waals surface area contributed by atoms with Crippen LogP contribution in [0, 0.1) is 12.7 Å². The van der Waals surface area contributed by atoms with E-state index >= 15 is 0 Å². The average molecular weight is 488 g/mol. The molecule has 35 heavy (non-hydrogen) atoms. The Balaban J connectivity index is 0.00000142. The highest BCUT2D eigenvalue weighted by atomic mass is 19.1. The van der Waals surface area contributed by atoms with Crippen LogP contribution in [0.4, 0.5) is 4.39 Å². The Morgan fingerprint density at radius 1 is 1.23 bits per heavy atom. The second kappa shape index (κ2) is 13.8. The van der Waals surface area contributed by atoms with E-state index in [9.17, 15) is 14.0 Å². The van der Waals surface area contributed by atoms with Gasteiger partial charge in [0, 0.05) is 24.2 Å². The zero-order valence-electron chi connectivity index (χ0n) is 21.2. The van der Waals surface area contributed by atoms with E-state index in [1.54, 1.807) is 20.0 Å². The van der Waals surface area contributed by atoms with Crippen LogP contribution in [0.2, 0.25) is 0 Å². The molecule has 0 radical (unpaired) electrons. The van der Waals surface area contributed by atoms with Crippen LogP contribution in [-0.2, 0) is 0 Å². The molecule has 0 saturated carbocycles. The molecular weight excluding hydrogens is 453 g/mol. The molecule has 0 aliphatic carbocycles. The van der Waals surface area contributed by atoms with Crippen molar-refractivity contribution in [2.45, 2.75) is 40.2 Å². The van der Waals surface area contributed by atoms with Crippen molar-refractivity contribution in [2.75, 3.05) is 20.6 Å². The number of aldehydes is 1. The van der Waals surface area contributed by atoms with Gasteiger partial charge in [0.25, 0.3) is 5.91 Å². The maximum absolute atomic E-state index is 13.9. The van der Waals surface area contributed by atoms with Gasteiger partial charge in [-0.25, -0.2) is 9.37 Å². The van der Waals surface area contributed by atoms with Crippen LogP contribution >= 0.6 is 0 Å². The number of carbonyl (C=O) groups is 2. The van der Waals surface area contributed by atoms with Gasteiger partial charge >= 0.3 is 0 Å². The number of hydrogen-bond donors (Lipinski definition) is 3. The smallest absolute Gasteiger partial charge is 0.279 e. The van der Waals surface area contributed by atoms with Gasteiger partial charge in [-0.2, -0.15) is 4.99 Å². The number of amides is 1. The monoisotopic (exact) mass is 487 g/mol. The van der Waals surface area contributed by atoms with Crippen molar-refractivity contribution in [2.24, 2.45) is 10.7 Å². The van der Waals surface area contributed by atoms with Gasteiger partial charge in [-0.3, -0.25) is 9.59 Å². The van der Waals surface area contributed by atoms with Gasteiger partial charge < -0.3 is 25.8 Å². The van der Waals surface area contributed by atoms with Crippen molar-refractivity contribution < 1.29 is 23.5 Å². The fourth-order valence-corrected chi connectivity index (χ4v) is 2.42. The molecule has 0 saturated heterocycles. The third-order valence-electron chi connectivity index (χ3n) is 4.16. The topological polar surface area (TPSA) is 128 Å². The molecule has 190 valence electrons. The maximum atomic E-state index is 13.9. The summed E-state index contributed by atoms with van der Waals surface area (Å²) in [5, 5.41) is 5.68. The third kappa shape index (κ3) is 9.93. The number of nitrogens with two attached hydrogens (primary N) is 1. The number of aromatic nitrogens is 1. The fourth-order valence-electron chi connectivity index (χ4n) is 2.42. The van der Waals surface area contributed by atoms with E-state index in [0.717, 1.165) is 12.6 Å². The Hall–Kier alpha value is -3.79. The van der Waals surface area contributed by atoms with E-state index in [0.29, 0.717) is 17.6 Å². The van der Waals surface area contributed by atoms with E-state index in [-0.39, 0.29) is 28.6 Å². The number of nitrogens with zero attached hydrogens (tertiary/aromatic N) is 2. The molecule has 1 aromatic heterocycles. The third-order valence-corrected chi connectivity index (χ3v) is 4.16. The molecule has 0 spiro atoms. The molecule has 2 aromatic rings. The molecule has 9 nitrogen and oxygen atoms in total. The van der Waals surface area contributed by atoms with E-state index in [4.69, 9.17) is 15.2 Å². The SMILES string of the molecule is CCNC.CN/C=C\C(N)=NC(=O)c1cc(Oc2cnc(C=O)c(F)c2)c(C)c(OC(C)(C)C)c1. The summed E-state index contributed by atoms with van der Waals surface area (Å²) >= 11 is 0. The van der Waals surface area contributed by atoms with E-state index in [1.807, 2.05) is 27.8 Å². The zero-order chi connectivity index (χ0) is 26.6. The first kappa shape index (κ1) is 29.2. The standard InChI is InChI=1S/C22H25FN4O4.C3H9N/c1-13-18(30-15-10-16(23)17(12-28)26-11-15)8-14(9-19(13)31-22(2,3)4)21(29)27-20(24)6-7-25-5;1-3-4-2/h6-12,25H,1-5H3,(H2,24,27,29);4H,3H2,1-2H3/b7-6-;. The Bertz CT molecular complexity index is 1080.